The Bertz CT molecular complexity index is 3290. The molecule has 0 unspecified atom stereocenters. The van der Waals surface area contributed by atoms with Crippen LogP contribution in [0.2, 0.25) is 0 Å². The second-order valence-corrected chi connectivity index (χ2v) is 15.8. The lowest BCUT2D eigenvalue weighted by molar-refractivity contribution is 0.631. The molecule has 292 valence electrons. The van der Waals surface area contributed by atoms with Gasteiger partial charge in [0, 0.05) is 27.9 Å². The summed E-state index contributed by atoms with van der Waals surface area (Å²) in [6.45, 7) is 0. The van der Waals surface area contributed by atoms with Crippen molar-refractivity contribution >= 4 is 38.8 Å². The molecule has 2 heteroatoms. The Morgan fingerprint density at radius 1 is 0.258 bits per heavy atom. The lowest BCUT2D eigenvalue weighted by Gasteiger charge is -2.28. The van der Waals surface area contributed by atoms with Crippen LogP contribution in [0.4, 0.5) is 17.1 Å². The summed E-state index contributed by atoms with van der Waals surface area (Å²) in [6, 6.07) is 89.1. The molecule has 0 fully saturated rings. The van der Waals surface area contributed by atoms with Crippen molar-refractivity contribution in [2.75, 3.05) is 4.90 Å². The van der Waals surface area contributed by atoms with Gasteiger partial charge in [-0.2, -0.15) is 0 Å². The third-order valence-corrected chi connectivity index (χ3v) is 11.9. The molecule has 0 atom stereocenters. The van der Waals surface area contributed by atoms with Gasteiger partial charge >= 0.3 is 0 Å². The van der Waals surface area contributed by atoms with Crippen molar-refractivity contribution in [1.29, 1.82) is 0 Å². The molecule has 2 nitrogen and oxygen atoms in total. The summed E-state index contributed by atoms with van der Waals surface area (Å²) >= 11 is 0. The van der Waals surface area contributed by atoms with Crippen molar-refractivity contribution in [3.8, 4) is 67.0 Å². The van der Waals surface area contributed by atoms with Crippen LogP contribution in [-0.2, 0) is 0 Å². The van der Waals surface area contributed by atoms with Crippen LogP contribution in [0.5, 0.6) is 0 Å². The van der Waals surface area contributed by atoms with E-state index in [0.717, 1.165) is 61.6 Å². The molecule has 0 N–H and O–H groups in total. The van der Waals surface area contributed by atoms with Crippen LogP contribution < -0.4 is 4.90 Å². The van der Waals surface area contributed by atoms with Gasteiger partial charge in [-0.25, -0.2) is 0 Å². The van der Waals surface area contributed by atoms with Crippen LogP contribution in [0.1, 0.15) is 0 Å². The Kier molecular flexibility index (Phi) is 9.57. The molecule has 0 radical (unpaired) electrons. The standard InChI is InChI=1S/C60H41NO/c1-2-12-42(13-3-1)44-24-27-47(28-25-44)57-21-7-8-22-58(57)61(56-36-32-46(33-37-56)50-18-11-20-53(40-50)60-41-54-16-6-9-23-59(54)62-60)55-34-30-45(31-35-55)49-17-10-19-51(38-49)52-29-26-43-14-4-5-15-48(43)39-52/h1-41H. The van der Waals surface area contributed by atoms with E-state index in [1.54, 1.807) is 0 Å². The van der Waals surface area contributed by atoms with E-state index in [9.17, 15) is 0 Å². The molecule has 62 heavy (non-hydrogen) atoms. The van der Waals surface area contributed by atoms with Crippen LogP contribution >= 0.6 is 0 Å². The molecule has 1 aromatic heterocycles. The van der Waals surface area contributed by atoms with Gasteiger partial charge in [0.15, 0.2) is 0 Å². The lowest BCUT2D eigenvalue weighted by Crippen LogP contribution is -2.11. The molecule has 0 bridgehead atoms. The summed E-state index contributed by atoms with van der Waals surface area (Å²) in [5, 5.41) is 3.60. The summed E-state index contributed by atoms with van der Waals surface area (Å²) in [7, 11) is 0. The topological polar surface area (TPSA) is 16.4 Å². The second-order valence-electron chi connectivity index (χ2n) is 15.8. The van der Waals surface area contributed by atoms with E-state index in [4.69, 9.17) is 4.42 Å². The first-order chi connectivity index (χ1) is 30.7. The number of fused-ring (bicyclic) bond motifs is 2. The third-order valence-electron chi connectivity index (χ3n) is 11.9. The van der Waals surface area contributed by atoms with Gasteiger partial charge in [0.05, 0.1) is 5.69 Å². The molecule has 1 heterocycles. The molecular weight excluding hydrogens is 751 g/mol. The lowest BCUT2D eigenvalue weighted by atomic mass is 9.96. The molecule has 11 aromatic rings. The molecule has 0 aliphatic rings. The number of rotatable bonds is 9. The van der Waals surface area contributed by atoms with Gasteiger partial charge in [-0.1, -0.05) is 188 Å². The van der Waals surface area contributed by atoms with Crippen LogP contribution in [0.15, 0.2) is 253 Å². The molecule has 10 aromatic carbocycles. The number of para-hydroxylation sites is 2. The van der Waals surface area contributed by atoms with Crippen molar-refractivity contribution in [3.63, 3.8) is 0 Å². The normalized spacial score (nSPS) is 11.2. The quantitative estimate of drug-likeness (QED) is 0.145. The summed E-state index contributed by atoms with van der Waals surface area (Å²) in [5.41, 5.74) is 17.0. The van der Waals surface area contributed by atoms with Gasteiger partial charge < -0.3 is 9.32 Å². The first kappa shape index (κ1) is 36.8. The van der Waals surface area contributed by atoms with Crippen molar-refractivity contribution in [2.45, 2.75) is 0 Å². The second kappa shape index (κ2) is 16.1. The highest BCUT2D eigenvalue weighted by atomic mass is 16.3. The van der Waals surface area contributed by atoms with Crippen LogP contribution in [0.3, 0.4) is 0 Å². The fourth-order valence-electron chi connectivity index (χ4n) is 8.64. The van der Waals surface area contributed by atoms with Crippen molar-refractivity contribution in [3.05, 3.63) is 249 Å². The Morgan fingerprint density at radius 2 is 0.710 bits per heavy atom. The highest BCUT2D eigenvalue weighted by Crippen LogP contribution is 2.43. The first-order valence-electron chi connectivity index (χ1n) is 21.1. The van der Waals surface area contributed by atoms with E-state index in [0.29, 0.717) is 0 Å². The van der Waals surface area contributed by atoms with E-state index >= 15 is 0 Å². The van der Waals surface area contributed by atoms with E-state index in [1.807, 2.05) is 18.2 Å². The van der Waals surface area contributed by atoms with Crippen LogP contribution in [0, 0.1) is 0 Å². The maximum atomic E-state index is 6.24. The van der Waals surface area contributed by atoms with E-state index < -0.39 is 0 Å². The Balaban J connectivity index is 0.962. The van der Waals surface area contributed by atoms with E-state index in [-0.39, 0.29) is 0 Å². The van der Waals surface area contributed by atoms with Gasteiger partial charge in [0.2, 0.25) is 0 Å². The predicted octanol–water partition coefficient (Wildman–Crippen LogP) is 17.1. The SMILES string of the molecule is c1ccc(-c2ccc(-c3ccccc3N(c3ccc(-c4cccc(-c5ccc6ccccc6c5)c4)cc3)c3ccc(-c4cccc(-c5cc6ccccc6o5)c4)cc3)cc2)cc1. The molecule has 0 aliphatic carbocycles. The summed E-state index contributed by atoms with van der Waals surface area (Å²) in [4.78, 5) is 2.38. The minimum Gasteiger partial charge on any atom is -0.456 e. The average Bonchev–Trinajstić information content (AvgIpc) is 3.80. The number of benzene rings is 10. The molecule has 0 saturated carbocycles. The molecule has 0 aliphatic heterocycles. The summed E-state index contributed by atoms with van der Waals surface area (Å²) in [6.07, 6.45) is 0. The van der Waals surface area contributed by atoms with Crippen LogP contribution in [-0.4, -0.2) is 0 Å². The minimum absolute atomic E-state index is 0.869. The smallest absolute Gasteiger partial charge is 0.135 e. The Hall–Kier alpha value is -8.20. The zero-order valence-electron chi connectivity index (χ0n) is 34.0. The third kappa shape index (κ3) is 7.25. The molecule has 0 saturated heterocycles. The highest BCUT2D eigenvalue weighted by Gasteiger charge is 2.18. The number of hydrogen-bond donors (Lipinski definition) is 0. The minimum atomic E-state index is 0.869. The van der Waals surface area contributed by atoms with Gasteiger partial charge in [-0.3, -0.25) is 0 Å². The van der Waals surface area contributed by atoms with Gasteiger partial charge in [0.25, 0.3) is 0 Å². The molecule has 0 spiro atoms. The molecule has 11 rings (SSSR count). The summed E-state index contributed by atoms with van der Waals surface area (Å²) in [5.74, 6) is 0.869. The van der Waals surface area contributed by atoms with Crippen molar-refractivity contribution in [1.82, 2.24) is 0 Å². The van der Waals surface area contributed by atoms with Crippen LogP contribution in [0.25, 0.3) is 88.7 Å². The zero-order chi connectivity index (χ0) is 41.2. The fraction of sp³-hybridized carbons (Fsp3) is 0. The van der Waals surface area contributed by atoms with E-state index in [1.165, 1.54) is 44.2 Å². The zero-order valence-corrected chi connectivity index (χ0v) is 34.0. The predicted molar refractivity (Wildman–Crippen MR) is 261 cm³/mol. The largest absolute Gasteiger partial charge is 0.456 e. The van der Waals surface area contributed by atoms with Crippen molar-refractivity contribution < 1.29 is 4.42 Å². The summed E-state index contributed by atoms with van der Waals surface area (Å²) < 4.78 is 6.24. The first-order valence-corrected chi connectivity index (χ1v) is 21.1. The Labute approximate surface area is 362 Å². The average molecular weight is 792 g/mol. The van der Waals surface area contributed by atoms with Gasteiger partial charge in [-0.05, 0) is 122 Å². The number of nitrogens with zero attached hydrogens (tertiary/aromatic N) is 1. The highest BCUT2D eigenvalue weighted by molar-refractivity contribution is 5.91. The maximum Gasteiger partial charge on any atom is 0.135 e. The molecular formula is C60H41NO. The van der Waals surface area contributed by atoms with Crippen molar-refractivity contribution in [2.24, 2.45) is 0 Å². The number of hydrogen-bond acceptors (Lipinski definition) is 2. The monoisotopic (exact) mass is 791 g/mol. The Morgan fingerprint density at radius 3 is 1.40 bits per heavy atom. The number of furan rings is 1. The fourth-order valence-corrected chi connectivity index (χ4v) is 8.64. The molecule has 0 amide bonds. The van der Waals surface area contributed by atoms with E-state index in [2.05, 4.69) is 235 Å². The number of anilines is 3. The van der Waals surface area contributed by atoms with Gasteiger partial charge in [-0.15, -0.1) is 0 Å². The van der Waals surface area contributed by atoms with Gasteiger partial charge in [0.1, 0.15) is 11.3 Å². The maximum absolute atomic E-state index is 6.24.